The minimum Gasteiger partial charge on any atom is -0.306 e. The Morgan fingerprint density at radius 2 is 1.81 bits per heavy atom. The van der Waals surface area contributed by atoms with Gasteiger partial charge in [-0.2, -0.15) is 5.10 Å². The quantitative estimate of drug-likeness (QED) is 0.742. The maximum atomic E-state index is 12.5. The largest absolute Gasteiger partial charge is 0.306 e. The van der Waals surface area contributed by atoms with E-state index in [1.54, 1.807) is 20.0 Å². The predicted molar refractivity (Wildman–Crippen MR) is 100 cm³/mol. The molecular weight excluding hydrogens is 328 g/mol. The van der Waals surface area contributed by atoms with Crippen LogP contribution in [0.1, 0.15) is 32.7 Å². The Bertz CT molecular complexity index is 981. The monoisotopic (exact) mass is 348 g/mol. The maximum Gasteiger partial charge on any atom is 0.277 e. The smallest absolute Gasteiger partial charge is 0.277 e. The summed E-state index contributed by atoms with van der Waals surface area (Å²) in [6.07, 6.45) is 3.40. The van der Waals surface area contributed by atoms with Gasteiger partial charge in [0.05, 0.1) is 5.69 Å². The topological polar surface area (TPSA) is 87.7 Å². The molecule has 2 heterocycles. The molecule has 0 atom stereocenters. The number of aromatic amines is 1. The van der Waals surface area contributed by atoms with Crippen LogP contribution in [0.5, 0.6) is 0 Å². The van der Waals surface area contributed by atoms with Crippen molar-refractivity contribution in [3.05, 3.63) is 87.0 Å². The van der Waals surface area contributed by atoms with Crippen LogP contribution in [0.3, 0.4) is 0 Å². The van der Waals surface area contributed by atoms with E-state index >= 15 is 0 Å². The van der Waals surface area contributed by atoms with Gasteiger partial charge < -0.3 is 5.32 Å². The van der Waals surface area contributed by atoms with Crippen LogP contribution in [0.15, 0.2) is 53.5 Å². The Kier molecular flexibility index (Phi) is 5.22. The number of pyridine rings is 1. The molecule has 0 saturated carbocycles. The highest BCUT2D eigenvalue weighted by molar-refractivity contribution is 6.04. The van der Waals surface area contributed by atoms with Gasteiger partial charge in [0.15, 0.2) is 0 Å². The highest BCUT2D eigenvalue weighted by Crippen LogP contribution is 2.13. The third-order valence-electron chi connectivity index (χ3n) is 4.31. The molecule has 0 unspecified atom stereocenters. The molecule has 1 aromatic carbocycles. The molecular formula is C20H20N4O2. The van der Waals surface area contributed by atoms with Crippen molar-refractivity contribution in [1.29, 1.82) is 0 Å². The lowest BCUT2D eigenvalue weighted by Crippen LogP contribution is -2.26. The molecule has 0 spiro atoms. The van der Waals surface area contributed by atoms with Crippen molar-refractivity contribution in [2.45, 2.75) is 26.7 Å². The molecule has 6 nitrogen and oxygen atoms in total. The molecule has 0 aliphatic heterocycles. The van der Waals surface area contributed by atoms with Crippen molar-refractivity contribution in [2.75, 3.05) is 5.32 Å². The van der Waals surface area contributed by atoms with Crippen molar-refractivity contribution in [3.8, 4) is 0 Å². The number of anilines is 1. The fraction of sp³-hybridized carbons (Fsp3) is 0.200. The first-order valence-electron chi connectivity index (χ1n) is 8.40. The van der Waals surface area contributed by atoms with Crippen LogP contribution < -0.4 is 10.9 Å². The molecule has 132 valence electrons. The summed E-state index contributed by atoms with van der Waals surface area (Å²) in [5.41, 5.74) is 3.05. The number of nitrogens with one attached hydrogen (secondary N) is 2. The first-order chi connectivity index (χ1) is 12.5. The minimum absolute atomic E-state index is 0.0639. The van der Waals surface area contributed by atoms with Crippen LogP contribution >= 0.6 is 0 Å². The Labute approximate surface area is 151 Å². The lowest BCUT2D eigenvalue weighted by atomic mass is 10.1. The number of hydrogen-bond donors (Lipinski definition) is 2. The van der Waals surface area contributed by atoms with Crippen LogP contribution in [-0.4, -0.2) is 21.1 Å². The van der Waals surface area contributed by atoms with Crippen LogP contribution in [0, 0.1) is 13.8 Å². The summed E-state index contributed by atoms with van der Waals surface area (Å²) in [5, 5.41) is 8.91. The van der Waals surface area contributed by atoms with Crippen LogP contribution in [0.4, 0.5) is 5.82 Å². The first kappa shape index (κ1) is 17.5. The average Bonchev–Trinajstić information content (AvgIpc) is 2.64. The summed E-state index contributed by atoms with van der Waals surface area (Å²) < 4.78 is 0. The predicted octanol–water partition coefficient (Wildman–Crippen LogP) is 2.82. The van der Waals surface area contributed by atoms with Crippen molar-refractivity contribution in [1.82, 2.24) is 15.2 Å². The third-order valence-corrected chi connectivity index (χ3v) is 4.31. The van der Waals surface area contributed by atoms with Gasteiger partial charge in [-0.05, 0) is 55.5 Å². The van der Waals surface area contributed by atoms with Gasteiger partial charge in [-0.25, -0.2) is 10.1 Å². The van der Waals surface area contributed by atoms with Crippen molar-refractivity contribution >= 4 is 11.7 Å². The zero-order valence-electron chi connectivity index (χ0n) is 14.7. The Morgan fingerprint density at radius 1 is 1.08 bits per heavy atom. The van der Waals surface area contributed by atoms with Crippen LogP contribution in [0.2, 0.25) is 0 Å². The van der Waals surface area contributed by atoms with E-state index in [2.05, 4.69) is 32.6 Å². The molecule has 0 saturated heterocycles. The second-order valence-electron chi connectivity index (χ2n) is 6.13. The summed E-state index contributed by atoms with van der Waals surface area (Å²) >= 11 is 0. The highest BCUT2D eigenvalue weighted by atomic mass is 16.2. The second kappa shape index (κ2) is 7.74. The standard InChI is InChI=1S/C20H20N4O2/c1-13-14(2)23-24-20(26)18(13)19(25)22-17-12-16(10-11-21-17)9-8-15-6-4-3-5-7-15/h3-7,10-12H,8-9H2,1-2H3,(H,24,26)(H,21,22,25). The van der Waals surface area contributed by atoms with E-state index in [0.29, 0.717) is 17.1 Å². The lowest BCUT2D eigenvalue weighted by Gasteiger charge is -2.09. The minimum atomic E-state index is -0.508. The number of carbonyl (C=O) groups is 1. The van der Waals surface area contributed by atoms with E-state index in [1.807, 2.05) is 30.3 Å². The molecule has 0 radical (unpaired) electrons. The van der Waals surface area contributed by atoms with Crippen molar-refractivity contribution < 1.29 is 4.79 Å². The van der Waals surface area contributed by atoms with E-state index in [1.165, 1.54) is 5.56 Å². The van der Waals surface area contributed by atoms with Gasteiger partial charge in [-0.15, -0.1) is 0 Å². The Hall–Kier alpha value is -3.28. The number of aromatic nitrogens is 3. The van der Waals surface area contributed by atoms with E-state index < -0.39 is 11.5 Å². The lowest BCUT2D eigenvalue weighted by molar-refractivity contribution is 0.102. The Balaban J connectivity index is 1.74. The molecule has 0 fully saturated rings. The van der Waals surface area contributed by atoms with Crippen LogP contribution in [0.25, 0.3) is 0 Å². The second-order valence-corrected chi connectivity index (χ2v) is 6.13. The van der Waals surface area contributed by atoms with Gasteiger partial charge in [0.1, 0.15) is 11.4 Å². The molecule has 0 aliphatic carbocycles. The zero-order chi connectivity index (χ0) is 18.5. The number of benzene rings is 1. The Morgan fingerprint density at radius 3 is 2.58 bits per heavy atom. The van der Waals surface area contributed by atoms with Gasteiger partial charge in [0, 0.05) is 6.20 Å². The molecule has 6 heteroatoms. The molecule has 0 aliphatic rings. The fourth-order valence-electron chi connectivity index (χ4n) is 2.71. The summed E-state index contributed by atoms with van der Waals surface area (Å²) in [4.78, 5) is 28.6. The summed E-state index contributed by atoms with van der Waals surface area (Å²) in [5.74, 6) is -0.0595. The number of nitrogens with zero attached hydrogens (tertiary/aromatic N) is 2. The van der Waals surface area contributed by atoms with E-state index in [4.69, 9.17) is 0 Å². The highest BCUT2D eigenvalue weighted by Gasteiger charge is 2.16. The fourth-order valence-corrected chi connectivity index (χ4v) is 2.71. The van der Waals surface area contributed by atoms with Gasteiger partial charge in [0.2, 0.25) is 0 Å². The van der Waals surface area contributed by atoms with Gasteiger partial charge in [-0.3, -0.25) is 9.59 Å². The molecule has 0 bridgehead atoms. The number of H-pyrrole nitrogens is 1. The zero-order valence-corrected chi connectivity index (χ0v) is 14.7. The first-order valence-corrected chi connectivity index (χ1v) is 8.40. The molecule has 3 aromatic rings. The maximum absolute atomic E-state index is 12.5. The number of carbonyl (C=O) groups excluding carboxylic acids is 1. The van der Waals surface area contributed by atoms with Crippen LogP contribution in [-0.2, 0) is 12.8 Å². The summed E-state index contributed by atoms with van der Waals surface area (Å²) in [7, 11) is 0. The summed E-state index contributed by atoms with van der Waals surface area (Å²) in [6.45, 7) is 3.45. The van der Waals surface area contributed by atoms with Crippen molar-refractivity contribution in [2.24, 2.45) is 0 Å². The molecule has 26 heavy (non-hydrogen) atoms. The molecule has 2 aromatic heterocycles. The summed E-state index contributed by atoms with van der Waals surface area (Å²) in [6, 6.07) is 14.0. The number of hydrogen-bond acceptors (Lipinski definition) is 4. The SMILES string of the molecule is Cc1n[nH]c(=O)c(C(=O)Nc2cc(CCc3ccccc3)ccn2)c1C. The average molecular weight is 348 g/mol. The van der Waals surface area contributed by atoms with Gasteiger partial charge >= 0.3 is 0 Å². The number of amides is 1. The van der Waals surface area contributed by atoms with Gasteiger partial charge in [-0.1, -0.05) is 30.3 Å². The number of rotatable bonds is 5. The molecule has 1 amide bonds. The molecule has 2 N–H and O–H groups in total. The van der Waals surface area contributed by atoms with E-state index in [-0.39, 0.29) is 5.56 Å². The number of aryl methyl sites for hydroxylation is 3. The molecule has 3 rings (SSSR count). The van der Waals surface area contributed by atoms with Crippen molar-refractivity contribution in [3.63, 3.8) is 0 Å². The van der Waals surface area contributed by atoms with Gasteiger partial charge in [0.25, 0.3) is 11.5 Å². The normalized spacial score (nSPS) is 10.5. The van der Waals surface area contributed by atoms with E-state index in [0.717, 1.165) is 18.4 Å². The van der Waals surface area contributed by atoms with E-state index in [9.17, 15) is 9.59 Å². The third kappa shape index (κ3) is 4.03.